The number of rotatable bonds is 8. The molecule has 7 heteroatoms. The number of carboxylic acid groups (broad SMARTS) is 1. The molecule has 18 heavy (non-hydrogen) atoms. The predicted molar refractivity (Wildman–Crippen MR) is 66.2 cm³/mol. The quantitative estimate of drug-likeness (QED) is 0.510. The van der Waals surface area contributed by atoms with Crippen molar-refractivity contribution in [1.82, 2.24) is 15.3 Å². The first-order chi connectivity index (χ1) is 8.67. The summed E-state index contributed by atoms with van der Waals surface area (Å²) in [4.78, 5) is 18.8. The number of hydrogen-bond donors (Lipinski definition) is 4. The summed E-state index contributed by atoms with van der Waals surface area (Å²) in [7, 11) is 0. The molecule has 0 radical (unpaired) electrons. The minimum Gasteiger partial charge on any atom is -0.480 e. The Balaban J connectivity index is 2.45. The van der Waals surface area contributed by atoms with Gasteiger partial charge in [-0.15, -0.1) is 0 Å². The lowest BCUT2D eigenvalue weighted by Gasteiger charge is -2.11. The highest BCUT2D eigenvalue weighted by Gasteiger charge is 2.14. The summed E-state index contributed by atoms with van der Waals surface area (Å²) >= 11 is 0. The Bertz CT molecular complexity index is 369. The SMILES string of the molecule is CCCNc1ncc(CN[C@H](CO)C(=O)O)cn1. The van der Waals surface area contributed by atoms with Gasteiger partial charge in [-0.3, -0.25) is 10.1 Å². The Hall–Kier alpha value is -1.73. The third kappa shape index (κ3) is 4.64. The average Bonchev–Trinajstić information content (AvgIpc) is 2.38. The zero-order valence-corrected chi connectivity index (χ0v) is 10.3. The molecule has 0 unspecified atom stereocenters. The number of nitrogens with zero attached hydrogens (tertiary/aromatic N) is 2. The molecule has 0 aliphatic rings. The minimum atomic E-state index is -1.08. The molecule has 1 rings (SSSR count). The number of aliphatic hydroxyl groups excluding tert-OH is 1. The molecule has 0 amide bonds. The summed E-state index contributed by atoms with van der Waals surface area (Å²) in [5, 5.41) is 23.3. The lowest BCUT2D eigenvalue weighted by molar-refractivity contribution is -0.140. The third-order valence-electron chi connectivity index (χ3n) is 2.27. The van der Waals surface area contributed by atoms with Crippen LogP contribution in [0.4, 0.5) is 5.95 Å². The van der Waals surface area contributed by atoms with Gasteiger partial charge in [0.1, 0.15) is 6.04 Å². The van der Waals surface area contributed by atoms with Gasteiger partial charge in [0.2, 0.25) is 5.95 Å². The van der Waals surface area contributed by atoms with Crippen LogP contribution in [0.3, 0.4) is 0 Å². The van der Waals surface area contributed by atoms with E-state index in [-0.39, 0.29) is 0 Å². The Kier molecular flexibility index (Phi) is 6.03. The summed E-state index contributed by atoms with van der Waals surface area (Å²) in [5.41, 5.74) is 0.761. The molecule has 0 fully saturated rings. The van der Waals surface area contributed by atoms with Gasteiger partial charge in [0.05, 0.1) is 6.61 Å². The van der Waals surface area contributed by atoms with Crippen LogP contribution >= 0.6 is 0 Å². The van der Waals surface area contributed by atoms with E-state index < -0.39 is 18.6 Å². The van der Waals surface area contributed by atoms with Crippen LogP contribution in [0.15, 0.2) is 12.4 Å². The number of anilines is 1. The molecule has 0 saturated carbocycles. The highest BCUT2D eigenvalue weighted by Crippen LogP contribution is 2.00. The predicted octanol–water partition coefficient (Wildman–Crippen LogP) is -0.166. The van der Waals surface area contributed by atoms with Crippen LogP contribution in [-0.2, 0) is 11.3 Å². The van der Waals surface area contributed by atoms with Crippen LogP contribution in [0.5, 0.6) is 0 Å². The lowest BCUT2D eigenvalue weighted by atomic mass is 10.3. The van der Waals surface area contributed by atoms with Gasteiger partial charge in [0.25, 0.3) is 0 Å². The van der Waals surface area contributed by atoms with Crippen LogP contribution in [-0.4, -0.2) is 45.3 Å². The zero-order chi connectivity index (χ0) is 13.4. The van der Waals surface area contributed by atoms with E-state index in [0.29, 0.717) is 12.5 Å². The standard InChI is InChI=1S/C11H18N4O3/c1-2-3-12-11-14-5-8(6-15-11)4-13-9(7-16)10(17)18/h5-6,9,13,16H,2-4,7H2,1H3,(H,17,18)(H,12,14,15)/t9-/m1/s1. The van der Waals surface area contributed by atoms with Crippen LogP contribution in [0.2, 0.25) is 0 Å². The minimum absolute atomic E-state index is 0.297. The smallest absolute Gasteiger partial charge is 0.323 e. The number of hydrogen-bond acceptors (Lipinski definition) is 6. The number of carboxylic acids is 1. The Labute approximate surface area is 105 Å². The number of aromatic nitrogens is 2. The second-order valence-corrected chi connectivity index (χ2v) is 3.80. The second-order valence-electron chi connectivity index (χ2n) is 3.80. The van der Waals surface area contributed by atoms with Crippen molar-refractivity contribution in [2.45, 2.75) is 25.9 Å². The van der Waals surface area contributed by atoms with Crippen molar-refractivity contribution in [3.05, 3.63) is 18.0 Å². The molecule has 1 atom stereocenters. The van der Waals surface area contributed by atoms with Gasteiger partial charge < -0.3 is 15.5 Å². The summed E-state index contributed by atoms with van der Waals surface area (Å²) in [6, 6.07) is -0.970. The fourth-order valence-electron chi connectivity index (χ4n) is 1.25. The number of aliphatic hydroxyl groups is 1. The first-order valence-electron chi connectivity index (χ1n) is 5.79. The van der Waals surface area contributed by atoms with Crippen molar-refractivity contribution < 1.29 is 15.0 Å². The third-order valence-corrected chi connectivity index (χ3v) is 2.27. The van der Waals surface area contributed by atoms with Crippen molar-refractivity contribution in [2.75, 3.05) is 18.5 Å². The summed E-state index contributed by atoms with van der Waals surface area (Å²) in [6.07, 6.45) is 4.23. The number of aliphatic carboxylic acids is 1. The zero-order valence-electron chi connectivity index (χ0n) is 10.3. The molecule has 100 valence electrons. The summed E-state index contributed by atoms with van der Waals surface area (Å²) < 4.78 is 0. The van der Waals surface area contributed by atoms with Gasteiger partial charge in [-0.05, 0) is 6.42 Å². The van der Waals surface area contributed by atoms with E-state index in [4.69, 9.17) is 10.2 Å². The first kappa shape index (κ1) is 14.3. The molecule has 7 nitrogen and oxygen atoms in total. The Morgan fingerprint density at radius 2 is 2.11 bits per heavy atom. The van der Waals surface area contributed by atoms with Crippen LogP contribution < -0.4 is 10.6 Å². The van der Waals surface area contributed by atoms with Gasteiger partial charge in [0.15, 0.2) is 0 Å². The molecule has 0 bridgehead atoms. The molecule has 1 aromatic heterocycles. The van der Waals surface area contributed by atoms with Gasteiger partial charge in [-0.1, -0.05) is 6.92 Å². The van der Waals surface area contributed by atoms with Crippen molar-refractivity contribution in [3.63, 3.8) is 0 Å². The molecule has 0 aliphatic carbocycles. The fourth-order valence-corrected chi connectivity index (χ4v) is 1.25. The van der Waals surface area contributed by atoms with Crippen LogP contribution in [0.1, 0.15) is 18.9 Å². The van der Waals surface area contributed by atoms with E-state index in [2.05, 4.69) is 20.6 Å². The maximum atomic E-state index is 10.7. The van der Waals surface area contributed by atoms with Crippen molar-refractivity contribution in [3.8, 4) is 0 Å². The Morgan fingerprint density at radius 3 is 2.61 bits per heavy atom. The topological polar surface area (TPSA) is 107 Å². The Morgan fingerprint density at radius 1 is 1.44 bits per heavy atom. The highest BCUT2D eigenvalue weighted by molar-refractivity contribution is 5.73. The van der Waals surface area contributed by atoms with Gasteiger partial charge >= 0.3 is 5.97 Å². The molecular formula is C11H18N4O3. The molecule has 4 N–H and O–H groups in total. The van der Waals surface area contributed by atoms with Crippen LogP contribution in [0.25, 0.3) is 0 Å². The number of carbonyl (C=O) groups is 1. The largest absolute Gasteiger partial charge is 0.480 e. The molecule has 0 aliphatic heterocycles. The summed E-state index contributed by atoms with van der Waals surface area (Å²) in [6.45, 7) is 2.70. The van der Waals surface area contributed by atoms with Gasteiger partial charge in [-0.2, -0.15) is 0 Å². The molecule has 0 spiro atoms. The molecule has 0 saturated heterocycles. The average molecular weight is 254 g/mol. The lowest BCUT2D eigenvalue weighted by Crippen LogP contribution is -2.39. The van der Waals surface area contributed by atoms with Gasteiger partial charge in [0, 0.05) is 31.0 Å². The number of nitrogens with one attached hydrogen (secondary N) is 2. The molecular weight excluding hydrogens is 236 g/mol. The highest BCUT2D eigenvalue weighted by atomic mass is 16.4. The maximum absolute atomic E-state index is 10.7. The van der Waals surface area contributed by atoms with E-state index in [9.17, 15) is 4.79 Å². The van der Waals surface area contributed by atoms with Gasteiger partial charge in [-0.25, -0.2) is 9.97 Å². The van der Waals surface area contributed by atoms with E-state index in [0.717, 1.165) is 18.5 Å². The molecule has 1 aromatic rings. The summed E-state index contributed by atoms with van der Waals surface area (Å²) in [5.74, 6) is -0.530. The first-order valence-corrected chi connectivity index (χ1v) is 5.79. The molecule has 0 aromatic carbocycles. The normalized spacial score (nSPS) is 12.1. The van der Waals surface area contributed by atoms with Crippen LogP contribution in [0, 0.1) is 0 Å². The van der Waals surface area contributed by atoms with E-state index in [1.54, 1.807) is 12.4 Å². The van der Waals surface area contributed by atoms with E-state index in [1.165, 1.54) is 0 Å². The maximum Gasteiger partial charge on any atom is 0.323 e. The van der Waals surface area contributed by atoms with E-state index in [1.807, 2.05) is 6.92 Å². The fraction of sp³-hybridized carbons (Fsp3) is 0.545. The second kappa shape index (κ2) is 7.57. The van der Waals surface area contributed by atoms with E-state index >= 15 is 0 Å². The van der Waals surface area contributed by atoms with Crippen molar-refractivity contribution in [1.29, 1.82) is 0 Å². The van der Waals surface area contributed by atoms with Crippen molar-refractivity contribution >= 4 is 11.9 Å². The van der Waals surface area contributed by atoms with Crippen molar-refractivity contribution in [2.24, 2.45) is 0 Å². The monoisotopic (exact) mass is 254 g/mol. The molecule has 1 heterocycles.